The molecule has 0 fully saturated rings. The molecule has 0 aliphatic carbocycles. The average Bonchev–Trinajstić information content (AvgIpc) is 3.77. The van der Waals surface area contributed by atoms with Crippen molar-refractivity contribution in [2.24, 2.45) is 0 Å². The minimum Gasteiger partial charge on any atom is -0.462 e. The molecular weight excluding hydrogens is 605 g/mol. The number of hydrogen-bond acceptors (Lipinski definition) is 9. The SMILES string of the molecule is CCOC(=O)c1c(-c2ccccc2)csc1NC(=O)c1ccc(C(=O)Nc2scc(-c3ccccc3)c2C(=O)OCC)s1. The molecule has 218 valence electrons. The van der Waals surface area contributed by atoms with Crippen LogP contribution in [0.3, 0.4) is 0 Å². The van der Waals surface area contributed by atoms with E-state index >= 15 is 0 Å². The van der Waals surface area contributed by atoms with Crippen LogP contribution < -0.4 is 10.6 Å². The lowest BCUT2D eigenvalue weighted by Crippen LogP contribution is -2.14. The van der Waals surface area contributed by atoms with Gasteiger partial charge in [0, 0.05) is 21.9 Å². The fourth-order valence-electron chi connectivity index (χ4n) is 4.28. The van der Waals surface area contributed by atoms with Crippen LogP contribution in [-0.2, 0) is 9.47 Å². The second-order valence-corrected chi connectivity index (χ2v) is 11.8. The smallest absolute Gasteiger partial charge is 0.341 e. The molecule has 0 saturated heterocycles. The van der Waals surface area contributed by atoms with Crippen molar-refractivity contribution < 1.29 is 28.7 Å². The third-order valence-corrected chi connectivity index (χ3v) is 9.09. The summed E-state index contributed by atoms with van der Waals surface area (Å²) in [4.78, 5) is 52.7. The summed E-state index contributed by atoms with van der Waals surface area (Å²) >= 11 is 3.44. The average molecular weight is 631 g/mol. The molecule has 0 radical (unpaired) electrons. The number of ether oxygens (including phenoxy) is 2. The highest BCUT2D eigenvalue weighted by atomic mass is 32.1. The third-order valence-electron chi connectivity index (χ3n) is 6.22. The fraction of sp³-hybridized carbons (Fsp3) is 0.125. The van der Waals surface area contributed by atoms with Crippen LogP contribution in [0, 0.1) is 0 Å². The molecule has 0 spiro atoms. The minimum atomic E-state index is -0.535. The van der Waals surface area contributed by atoms with Crippen LogP contribution in [-0.4, -0.2) is 37.0 Å². The van der Waals surface area contributed by atoms with Gasteiger partial charge in [-0.2, -0.15) is 0 Å². The minimum absolute atomic E-state index is 0.189. The molecule has 0 atom stereocenters. The van der Waals surface area contributed by atoms with Crippen LogP contribution in [0.2, 0.25) is 0 Å². The maximum atomic E-state index is 13.2. The van der Waals surface area contributed by atoms with Gasteiger partial charge in [0.25, 0.3) is 11.8 Å². The molecule has 0 saturated carbocycles. The van der Waals surface area contributed by atoms with E-state index in [0.29, 0.717) is 21.1 Å². The number of carbonyl (C=O) groups is 4. The molecule has 3 heterocycles. The summed E-state index contributed by atoms with van der Waals surface area (Å²) in [5.41, 5.74) is 3.52. The van der Waals surface area contributed by atoms with Crippen molar-refractivity contribution in [3.63, 3.8) is 0 Å². The summed E-state index contributed by atoms with van der Waals surface area (Å²) in [7, 11) is 0. The van der Waals surface area contributed by atoms with E-state index in [1.807, 2.05) is 60.7 Å². The van der Waals surface area contributed by atoms with E-state index in [9.17, 15) is 19.2 Å². The molecule has 5 rings (SSSR count). The number of thiophene rings is 3. The van der Waals surface area contributed by atoms with Gasteiger partial charge < -0.3 is 20.1 Å². The molecule has 2 N–H and O–H groups in total. The van der Waals surface area contributed by atoms with Gasteiger partial charge in [0.15, 0.2) is 0 Å². The van der Waals surface area contributed by atoms with Crippen molar-refractivity contribution in [2.45, 2.75) is 13.8 Å². The number of nitrogens with one attached hydrogen (secondary N) is 2. The molecule has 0 unspecified atom stereocenters. The lowest BCUT2D eigenvalue weighted by molar-refractivity contribution is 0.0519. The van der Waals surface area contributed by atoms with Gasteiger partial charge in [-0.1, -0.05) is 60.7 Å². The van der Waals surface area contributed by atoms with Crippen LogP contribution in [0.1, 0.15) is 53.9 Å². The van der Waals surface area contributed by atoms with Gasteiger partial charge in [0.2, 0.25) is 0 Å². The predicted molar refractivity (Wildman–Crippen MR) is 172 cm³/mol. The summed E-state index contributed by atoms with van der Waals surface area (Å²) in [5.74, 6) is -2.00. The van der Waals surface area contributed by atoms with Crippen molar-refractivity contribution in [1.29, 1.82) is 0 Å². The Labute approximate surface area is 259 Å². The van der Waals surface area contributed by atoms with Crippen LogP contribution in [0.4, 0.5) is 10.0 Å². The summed E-state index contributed by atoms with van der Waals surface area (Å²) in [6, 6.07) is 21.8. The second-order valence-electron chi connectivity index (χ2n) is 8.95. The molecule has 11 heteroatoms. The van der Waals surface area contributed by atoms with Gasteiger partial charge in [-0.15, -0.1) is 34.0 Å². The van der Waals surface area contributed by atoms with E-state index in [2.05, 4.69) is 10.6 Å². The normalized spacial score (nSPS) is 10.7. The first-order chi connectivity index (χ1) is 20.9. The quantitative estimate of drug-likeness (QED) is 0.151. The zero-order valence-corrected chi connectivity index (χ0v) is 25.6. The Bertz CT molecular complexity index is 1640. The van der Waals surface area contributed by atoms with Crippen molar-refractivity contribution in [2.75, 3.05) is 23.8 Å². The Kier molecular flexibility index (Phi) is 9.45. The van der Waals surface area contributed by atoms with Gasteiger partial charge in [0.1, 0.15) is 21.1 Å². The van der Waals surface area contributed by atoms with E-state index in [0.717, 1.165) is 22.5 Å². The number of esters is 2. The van der Waals surface area contributed by atoms with E-state index in [4.69, 9.17) is 9.47 Å². The Morgan fingerprint density at radius 1 is 0.605 bits per heavy atom. The number of carbonyl (C=O) groups excluding carboxylic acids is 4. The summed E-state index contributed by atoms with van der Waals surface area (Å²) < 4.78 is 10.5. The number of benzene rings is 2. The van der Waals surface area contributed by atoms with Crippen LogP contribution >= 0.6 is 34.0 Å². The monoisotopic (exact) mass is 630 g/mol. The molecule has 0 aliphatic rings. The zero-order valence-electron chi connectivity index (χ0n) is 23.2. The first-order valence-corrected chi connectivity index (χ1v) is 15.9. The molecule has 0 bridgehead atoms. The molecule has 43 heavy (non-hydrogen) atoms. The standard InChI is InChI=1S/C32H26N2O6S3/c1-3-39-31(37)25-21(19-11-7-5-8-12-19)17-41-29(25)33-27(35)23-15-16-24(43-23)28(36)34-30-26(32(38)40-4-2)22(18-42-30)20-13-9-6-10-14-20/h5-18H,3-4H2,1-2H3,(H,33,35)(H,34,36). The third kappa shape index (κ3) is 6.59. The van der Waals surface area contributed by atoms with E-state index in [-0.39, 0.29) is 34.1 Å². The van der Waals surface area contributed by atoms with Gasteiger partial charge in [0.05, 0.1) is 23.0 Å². The van der Waals surface area contributed by atoms with Crippen molar-refractivity contribution in [3.05, 3.63) is 104 Å². The second kappa shape index (κ2) is 13.6. The summed E-state index contributed by atoms with van der Waals surface area (Å²) in [6.45, 7) is 3.82. The molecule has 3 aromatic heterocycles. The van der Waals surface area contributed by atoms with E-state index in [1.54, 1.807) is 36.7 Å². The molecule has 2 amide bonds. The first kappa shape index (κ1) is 29.9. The van der Waals surface area contributed by atoms with Crippen LogP contribution in [0.5, 0.6) is 0 Å². The van der Waals surface area contributed by atoms with Gasteiger partial charge in [-0.05, 0) is 37.1 Å². The highest BCUT2D eigenvalue weighted by Crippen LogP contribution is 2.38. The number of anilines is 2. The van der Waals surface area contributed by atoms with Gasteiger partial charge in [-0.3, -0.25) is 9.59 Å². The maximum Gasteiger partial charge on any atom is 0.341 e. The Morgan fingerprint density at radius 2 is 1.00 bits per heavy atom. The van der Waals surface area contributed by atoms with Crippen molar-refractivity contribution >= 4 is 67.8 Å². The zero-order chi connectivity index (χ0) is 30.3. The Balaban J connectivity index is 1.36. The lowest BCUT2D eigenvalue weighted by Gasteiger charge is -2.08. The molecule has 0 aliphatic heterocycles. The Morgan fingerprint density at radius 3 is 1.37 bits per heavy atom. The maximum absolute atomic E-state index is 13.2. The molecule has 2 aromatic carbocycles. The summed E-state index contributed by atoms with van der Waals surface area (Å²) in [5, 5.41) is 9.95. The van der Waals surface area contributed by atoms with Gasteiger partial charge in [-0.25, -0.2) is 9.59 Å². The van der Waals surface area contributed by atoms with Crippen molar-refractivity contribution in [1.82, 2.24) is 0 Å². The largest absolute Gasteiger partial charge is 0.462 e. The van der Waals surface area contributed by atoms with E-state index in [1.165, 1.54) is 22.7 Å². The molecular formula is C32H26N2O6S3. The van der Waals surface area contributed by atoms with Crippen LogP contribution in [0.15, 0.2) is 83.6 Å². The highest BCUT2D eigenvalue weighted by Gasteiger charge is 2.26. The lowest BCUT2D eigenvalue weighted by atomic mass is 10.0. The molecule has 8 nitrogen and oxygen atoms in total. The number of hydrogen-bond donors (Lipinski definition) is 2. The van der Waals surface area contributed by atoms with Crippen molar-refractivity contribution in [3.8, 4) is 22.3 Å². The van der Waals surface area contributed by atoms with E-state index < -0.39 is 23.8 Å². The fourth-order valence-corrected chi connectivity index (χ4v) is 6.98. The van der Waals surface area contributed by atoms with Crippen LogP contribution in [0.25, 0.3) is 22.3 Å². The molecule has 5 aromatic rings. The first-order valence-electron chi connectivity index (χ1n) is 13.3. The van der Waals surface area contributed by atoms with Gasteiger partial charge >= 0.3 is 11.9 Å². The number of rotatable bonds is 10. The number of amides is 2. The summed E-state index contributed by atoms with van der Waals surface area (Å²) in [6.07, 6.45) is 0. The highest BCUT2D eigenvalue weighted by molar-refractivity contribution is 7.17. The Hall–Kier alpha value is -4.58. The predicted octanol–water partition coefficient (Wildman–Crippen LogP) is 8.06. The topological polar surface area (TPSA) is 111 Å².